The van der Waals surface area contributed by atoms with Crippen LogP contribution in [0.2, 0.25) is 0 Å². The van der Waals surface area contributed by atoms with Gasteiger partial charge in [-0.2, -0.15) is 0 Å². The van der Waals surface area contributed by atoms with Crippen molar-refractivity contribution in [3.63, 3.8) is 0 Å². The number of aliphatic hydroxyl groups excluding tert-OH is 2. The van der Waals surface area contributed by atoms with Crippen molar-refractivity contribution < 1.29 is 10.2 Å². The molecule has 0 rings (SSSR count). The molecule has 0 aliphatic rings. The third-order valence-corrected chi connectivity index (χ3v) is 0.884. The number of hydrogen-bond acceptors (Lipinski definition) is 2. The lowest BCUT2D eigenvalue weighted by atomic mass is 10.2. The van der Waals surface area contributed by atoms with Crippen LogP contribution >= 0.6 is 0 Å². The van der Waals surface area contributed by atoms with Crippen molar-refractivity contribution in [1.29, 1.82) is 0 Å². The first-order valence-electron chi connectivity index (χ1n) is 2.93. The lowest BCUT2D eigenvalue weighted by molar-refractivity contribution is 0.0932. The molecule has 0 aromatic rings. The van der Waals surface area contributed by atoms with Crippen LogP contribution in [-0.4, -0.2) is 22.4 Å². The fourth-order valence-electron chi connectivity index (χ4n) is 0.454. The van der Waals surface area contributed by atoms with E-state index in [4.69, 9.17) is 10.2 Å². The molecular formula is C8H10O2. The maximum Gasteiger partial charge on any atom is 0.151 e. The van der Waals surface area contributed by atoms with Crippen molar-refractivity contribution >= 4 is 0 Å². The van der Waals surface area contributed by atoms with E-state index in [1.165, 1.54) is 0 Å². The highest BCUT2D eigenvalue weighted by molar-refractivity contribution is 5.14. The van der Waals surface area contributed by atoms with Crippen molar-refractivity contribution in [3.05, 3.63) is 0 Å². The molecule has 2 heteroatoms. The normalized spacial score (nSPS) is 13.6. The molecule has 2 nitrogen and oxygen atoms in total. The predicted octanol–water partition coefficient (Wildman–Crippen LogP) is -0.245. The monoisotopic (exact) mass is 138 g/mol. The Kier molecular flexibility index (Phi) is 4.41. The molecule has 0 aromatic heterocycles. The zero-order valence-electron chi connectivity index (χ0n) is 6.05. The fraction of sp³-hybridized carbons (Fsp3) is 0.500. The zero-order valence-corrected chi connectivity index (χ0v) is 6.05. The Morgan fingerprint density at radius 2 is 1.20 bits per heavy atom. The van der Waals surface area contributed by atoms with E-state index in [0.717, 1.165) is 0 Å². The summed E-state index contributed by atoms with van der Waals surface area (Å²) in [7, 11) is 0. The summed E-state index contributed by atoms with van der Waals surface area (Å²) in [6, 6.07) is 0. The fourth-order valence-corrected chi connectivity index (χ4v) is 0.454. The molecule has 0 aliphatic heterocycles. The van der Waals surface area contributed by atoms with Gasteiger partial charge in [-0.3, -0.25) is 0 Å². The van der Waals surface area contributed by atoms with Crippen molar-refractivity contribution in [1.82, 2.24) is 0 Å². The summed E-state index contributed by atoms with van der Waals surface area (Å²) < 4.78 is 0. The molecule has 10 heavy (non-hydrogen) atoms. The van der Waals surface area contributed by atoms with Crippen LogP contribution in [0.5, 0.6) is 0 Å². The first-order valence-corrected chi connectivity index (χ1v) is 2.93. The maximum atomic E-state index is 8.92. The summed E-state index contributed by atoms with van der Waals surface area (Å²) in [6.07, 6.45) is -2.09. The Bertz CT molecular complexity index is 175. The minimum Gasteiger partial charge on any atom is -0.377 e. The quantitative estimate of drug-likeness (QED) is 0.491. The number of rotatable bonds is 1. The highest BCUT2D eigenvalue weighted by Crippen LogP contribution is 1.88. The highest BCUT2D eigenvalue weighted by atomic mass is 16.3. The van der Waals surface area contributed by atoms with Gasteiger partial charge in [-0.1, -0.05) is 11.8 Å². The third-order valence-electron chi connectivity index (χ3n) is 0.884. The predicted molar refractivity (Wildman–Crippen MR) is 38.9 cm³/mol. The topological polar surface area (TPSA) is 40.5 Å². The number of hydrogen-bond donors (Lipinski definition) is 2. The second-order valence-corrected chi connectivity index (χ2v) is 1.68. The van der Waals surface area contributed by atoms with Crippen LogP contribution in [0.1, 0.15) is 13.8 Å². The van der Waals surface area contributed by atoms with E-state index in [1.54, 1.807) is 13.8 Å². The minimum atomic E-state index is -1.04. The van der Waals surface area contributed by atoms with Gasteiger partial charge < -0.3 is 10.2 Å². The standard InChI is InChI=1S/C8H10O2/c1-3-5-7(9)8(10)6-4-2/h7-10H,1-2H3/t7-,8-/m1/s1. The highest BCUT2D eigenvalue weighted by Gasteiger charge is 2.08. The van der Waals surface area contributed by atoms with Crippen LogP contribution in [0.3, 0.4) is 0 Å². The molecule has 2 atom stereocenters. The van der Waals surface area contributed by atoms with Gasteiger partial charge in [0, 0.05) is 0 Å². The van der Waals surface area contributed by atoms with Gasteiger partial charge in [0.15, 0.2) is 12.2 Å². The second-order valence-electron chi connectivity index (χ2n) is 1.68. The molecule has 0 saturated carbocycles. The lowest BCUT2D eigenvalue weighted by Crippen LogP contribution is -2.22. The van der Waals surface area contributed by atoms with Crippen molar-refractivity contribution in [2.45, 2.75) is 26.1 Å². The molecule has 0 amide bonds. The molecule has 0 aliphatic carbocycles. The van der Waals surface area contributed by atoms with E-state index in [0.29, 0.717) is 0 Å². The largest absolute Gasteiger partial charge is 0.377 e. The molecule has 0 spiro atoms. The Hall–Kier alpha value is -0.960. The SMILES string of the molecule is CC#C[C@@H](O)[C@H](O)C#CC. The minimum absolute atomic E-state index is 1.04. The van der Waals surface area contributed by atoms with E-state index < -0.39 is 12.2 Å². The Morgan fingerprint density at radius 1 is 0.900 bits per heavy atom. The molecule has 0 bridgehead atoms. The molecule has 0 aromatic carbocycles. The van der Waals surface area contributed by atoms with E-state index in [2.05, 4.69) is 23.7 Å². The molecule has 0 radical (unpaired) electrons. The van der Waals surface area contributed by atoms with Crippen LogP contribution in [0, 0.1) is 23.7 Å². The van der Waals surface area contributed by atoms with Gasteiger partial charge in [-0.05, 0) is 13.8 Å². The van der Waals surface area contributed by atoms with Crippen LogP contribution in [-0.2, 0) is 0 Å². The maximum absolute atomic E-state index is 8.92. The van der Waals surface area contributed by atoms with Gasteiger partial charge >= 0.3 is 0 Å². The molecule has 0 unspecified atom stereocenters. The van der Waals surface area contributed by atoms with Crippen LogP contribution in [0.25, 0.3) is 0 Å². The lowest BCUT2D eigenvalue weighted by Gasteiger charge is -2.03. The van der Waals surface area contributed by atoms with Crippen molar-refractivity contribution in [2.24, 2.45) is 0 Å². The van der Waals surface area contributed by atoms with Crippen molar-refractivity contribution in [3.8, 4) is 23.7 Å². The smallest absolute Gasteiger partial charge is 0.151 e. The van der Waals surface area contributed by atoms with Crippen molar-refractivity contribution in [2.75, 3.05) is 0 Å². The Morgan fingerprint density at radius 3 is 1.40 bits per heavy atom. The summed E-state index contributed by atoms with van der Waals surface area (Å²) in [6.45, 7) is 3.19. The molecule has 54 valence electrons. The molecule has 2 N–H and O–H groups in total. The summed E-state index contributed by atoms with van der Waals surface area (Å²) >= 11 is 0. The zero-order chi connectivity index (χ0) is 7.98. The third kappa shape index (κ3) is 3.14. The summed E-state index contributed by atoms with van der Waals surface area (Å²) in [5.74, 6) is 9.72. The van der Waals surface area contributed by atoms with Gasteiger partial charge in [0.25, 0.3) is 0 Å². The first-order chi connectivity index (χ1) is 4.72. The molecule has 0 fully saturated rings. The molecular weight excluding hydrogens is 128 g/mol. The van der Waals surface area contributed by atoms with Crippen LogP contribution in [0.15, 0.2) is 0 Å². The van der Waals surface area contributed by atoms with Crippen LogP contribution < -0.4 is 0 Å². The van der Waals surface area contributed by atoms with E-state index in [1.807, 2.05) is 0 Å². The number of aliphatic hydroxyl groups is 2. The Balaban J connectivity index is 3.98. The average Bonchev–Trinajstić information content (AvgIpc) is 1.89. The van der Waals surface area contributed by atoms with Gasteiger partial charge in [-0.25, -0.2) is 0 Å². The van der Waals surface area contributed by atoms with E-state index in [9.17, 15) is 0 Å². The second kappa shape index (κ2) is 4.88. The molecule has 0 saturated heterocycles. The average molecular weight is 138 g/mol. The summed E-state index contributed by atoms with van der Waals surface area (Å²) in [5, 5.41) is 17.8. The molecule has 0 heterocycles. The van der Waals surface area contributed by atoms with Gasteiger partial charge in [-0.15, -0.1) is 11.8 Å². The van der Waals surface area contributed by atoms with E-state index in [-0.39, 0.29) is 0 Å². The van der Waals surface area contributed by atoms with Gasteiger partial charge in [0.05, 0.1) is 0 Å². The van der Waals surface area contributed by atoms with Crippen LogP contribution in [0.4, 0.5) is 0 Å². The van der Waals surface area contributed by atoms with Gasteiger partial charge in [0.2, 0.25) is 0 Å². The Labute approximate surface area is 60.9 Å². The van der Waals surface area contributed by atoms with Gasteiger partial charge in [0.1, 0.15) is 0 Å². The summed E-state index contributed by atoms with van der Waals surface area (Å²) in [5.41, 5.74) is 0. The summed E-state index contributed by atoms with van der Waals surface area (Å²) in [4.78, 5) is 0. The van der Waals surface area contributed by atoms with E-state index >= 15 is 0 Å². The first kappa shape index (κ1) is 9.04.